The predicted molar refractivity (Wildman–Crippen MR) is 110 cm³/mol. The Balaban J connectivity index is 1.75. The fraction of sp³-hybridized carbons (Fsp3) is 0.381. The second kappa shape index (κ2) is 8.13. The third-order valence-corrected chi connectivity index (χ3v) is 6.17. The van der Waals surface area contributed by atoms with Gasteiger partial charge in [0.15, 0.2) is 0 Å². The molecule has 144 valence electrons. The molecule has 0 bridgehead atoms. The number of sulfonamides is 1. The molecule has 1 amide bonds. The number of para-hydroxylation sites is 1. The largest absolute Gasteiger partial charge is 0.312 e. The normalized spacial score (nSPS) is 13.9. The summed E-state index contributed by atoms with van der Waals surface area (Å²) < 4.78 is 25.9. The number of aryl methyl sites for hydroxylation is 2. The molecule has 0 aromatic heterocycles. The van der Waals surface area contributed by atoms with Crippen molar-refractivity contribution in [2.24, 2.45) is 0 Å². The van der Waals surface area contributed by atoms with Gasteiger partial charge in [0.05, 0.1) is 11.9 Å². The van der Waals surface area contributed by atoms with E-state index in [4.69, 9.17) is 0 Å². The molecular formula is C21H26N2O3S. The molecule has 0 fully saturated rings. The number of benzene rings is 2. The summed E-state index contributed by atoms with van der Waals surface area (Å²) in [5, 5.41) is 0. The number of rotatable bonds is 6. The minimum absolute atomic E-state index is 0.0408. The van der Waals surface area contributed by atoms with Gasteiger partial charge in [-0.05, 0) is 48.6 Å². The highest BCUT2D eigenvalue weighted by molar-refractivity contribution is 7.92. The van der Waals surface area contributed by atoms with Crippen LogP contribution < -0.4 is 9.21 Å². The van der Waals surface area contributed by atoms with Crippen LogP contribution >= 0.6 is 0 Å². The molecule has 0 spiro atoms. The zero-order valence-corrected chi connectivity index (χ0v) is 16.7. The fourth-order valence-corrected chi connectivity index (χ4v) is 4.44. The van der Waals surface area contributed by atoms with E-state index in [9.17, 15) is 13.2 Å². The standard InChI is InChI=1S/C21H26N2O3S/c1-3-17-10-12-19(13-11-17)23(27(2,25)26)16-14-21(24)22-15-6-8-18-7-4-5-9-20(18)22/h4-5,7,9-13H,3,6,8,14-16H2,1-2H3. The van der Waals surface area contributed by atoms with E-state index in [2.05, 4.69) is 6.92 Å². The quantitative estimate of drug-likeness (QED) is 0.765. The highest BCUT2D eigenvalue weighted by atomic mass is 32.2. The molecule has 0 aliphatic carbocycles. The van der Waals surface area contributed by atoms with Gasteiger partial charge in [-0.3, -0.25) is 9.10 Å². The summed E-state index contributed by atoms with van der Waals surface area (Å²) in [6.07, 6.45) is 4.13. The van der Waals surface area contributed by atoms with E-state index in [0.29, 0.717) is 12.2 Å². The predicted octanol–water partition coefficient (Wildman–Crippen LogP) is 3.38. The number of anilines is 2. The molecule has 2 aromatic rings. The lowest BCUT2D eigenvalue weighted by molar-refractivity contribution is -0.118. The van der Waals surface area contributed by atoms with Crippen molar-refractivity contribution >= 4 is 27.3 Å². The van der Waals surface area contributed by atoms with Crippen molar-refractivity contribution in [1.82, 2.24) is 0 Å². The van der Waals surface area contributed by atoms with Gasteiger partial charge in [0.1, 0.15) is 0 Å². The molecule has 0 saturated heterocycles. The third kappa shape index (κ3) is 4.50. The number of hydrogen-bond donors (Lipinski definition) is 0. The highest BCUT2D eigenvalue weighted by Gasteiger charge is 2.24. The summed E-state index contributed by atoms with van der Waals surface area (Å²) in [4.78, 5) is 14.6. The van der Waals surface area contributed by atoms with Gasteiger partial charge in [0, 0.05) is 25.2 Å². The third-order valence-electron chi connectivity index (χ3n) is 4.97. The van der Waals surface area contributed by atoms with Crippen molar-refractivity contribution in [3.63, 3.8) is 0 Å². The van der Waals surface area contributed by atoms with Gasteiger partial charge in [-0.2, -0.15) is 0 Å². The van der Waals surface area contributed by atoms with Crippen molar-refractivity contribution < 1.29 is 13.2 Å². The molecule has 5 nitrogen and oxygen atoms in total. The van der Waals surface area contributed by atoms with Crippen molar-refractivity contribution in [2.75, 3.05) is 28.6 Å². The van der Waals surface area contributed by atoms with Crippen LogP contribution in [-0.4, -0.2) is 33.7 Å². The molecule has 0 atom stereocenters. The number of carbonyl (C=O) groups excluding carboxylic acids is 1. The SMILES string of the molecule is CCc1ccc(N(CCC(=O)N2CCCc3ccccc32)S(C)(=O)=O)cc1. The molecule has 6 heteroatoms. The first-order valence-corrected chi connectivity index (χ1v) is 11.2. The lowest BCUT2D eigenvalue weighted by atomic mass is 10.0. The van der Waals surface area contributed by atoms with Crippen LogP contribution in [0.2, 0.25) is 0 Å². The monoisotopic (exact) mass is 386 g/mol. The average molecular weight is 387 g/mol. The summed E-state index contributed by atoms with van der Waals surface area (Å²) in [5.41, 5.74) is 3.87. The Morgan fingerprint density at radius 1 is 1.11 bits per heavy atom. The first kappa shape index (κ1) is 19.4. The molecule has 0 saturated carbocycles. The summed E-state index contributed by atoms with van der Waals surface area (Å²) in [7, 11) is -3.46. The summed E-state index contributed by atoms with van der Waals surface area (Å²) in [6, 6.07) is 15.4. The zero-order valence-electron chi connectivity index (χ0n) is 15.9. The van der Waals surface area contributed by atoms with Gasteiger partial charge in [-0.1, -0.05) is 37.3 Å². The van der Waals surface area contributed by atoms with Crippen molar-refractivity contribution in [2.45, 2.75) is 32.6 Å². The van der Waals surface area contributed by atoms with Crippen LogP contribution in [0.1, 0.15) is 30.9 Å². The second-order valence-corrected chi connectivity index (χ2v) is 8.79. The van der Waals surface area contributed by atoms with Gasteiger partial charge in [-0.15, -0.1) is 0 Å². The second-order valence-electron chi connectivity index (χ2n) is 6.88. The molecule has 0 radical (unpaired) electrons. The minimum atomic E-state index is -3.46. The van der Waals surface area contributed by atoms with Crippen LogP contribution in [-0.2, 0) is 27.7 Å². The van der Waals surface area contributed by atoms with Gasteiger partial charge in [0.25, 0.3) is 0 Å². The molecule has 2 aromatic carbocycles. The summed E-state index contributed by atoms with van der Waals surface area (Å²) >= 11 is 0. The van der Waals surface area contributed by atoms with E-state index in [-0.39, 0.29) is 18.9 Å². The van der Waals surface area contributed by atoms with Crippen LogP contribution in [0.3, 0.4) is 0 Å². The fourth-order valence-electron chi connectivity index (χ4n) is 3.51. The van der Waals surface area contributed by atoms with Crippen LogP contribution in [0, 0.1) is 0 Å². The van der Waals surface area contributed by atoms with Gasteiger partial charge in [-0.25, -0.2) is 8.42 Å². The number of hydrogen-bond acceptors (Lipinski definition) is 3. The topological polar surface area (TPSA) is 57.7 Å². The lowest BCUT2D eigenvalue weighted by Gasteiger charge is -2.30. The van der Waals surface area contributed by atoms with Crippen molar-refractivity contribution in [3.8, 4) is 0 Å². The maximum Gasteiger partial charge on any atom is 0.232 e. The van der Waals surface area contributed by atoms with Gasteiger partial charge >= 0.3 is 0 Å². The molecule has 27 heavy (non-hydrogen) atoms. The van der Waals surface area contributed by atoms with E-state index in [0.717, 1.165) is 30.5 Å². The van der Waals surface area contributed by atoms with E-state index in [1.165, 1.54) is 16.1 Å². The van der Waals surface area contributed by atoms with Crippen LogP contribution in [0.15, 0.2) is 48.5 Å². The Morgan fingerprint density at radius 3 is 2.48 bits per heavy atom. The number of fused-ring (bicyclic) bond motifs is 1. The molecule has 3 rings (SSSR count). The van der Waals surface area contributed by atoms with E-state index in [1.54, 1.807) is 17.0 Å². The van der Waals surface area contributed by atoms with E-state index in [1.807, 2.05) is 36.4 Å². The lowest BCUT2D eigenvalue weighted by Crippen LogP contribution is -2.39. The minimum Gasteiger partial charge on any atom is -0.312 e. The highest BCUT2D eigenvalue weighted by Crippen LogP contribution is 2.27. The Morgan fingerprint density at radius 2 is 1.81 bits per heavy atom. The average Bonchev–Trinajstić information content (AvgIpc) is 2.67. The molecule has 1 heterocycles. The molecule has 0 unspecified atom stereocenters. The number of amides is 1. The van der Waals surface area contributed by atoms with Gasteiger partial charge < -0.3 is 4.90 Å². The van der Waals surface area contributed by atoms with Crippen LogP contribution in [0.4, 0.5) is 11.4 Å². The first-order valence-electron chi connectivity index (χ1n) is 9.35. The molecular weight excluding hydrogens is 360 g/mol. The van der Waals surface area contributed by atoms with E-state index >= 15 is 0 Å². The van der Waals surface area contributed by atoms with Crippen molar-refractivity contribution in [3.05, 3.63) is 59.7 Å². The van der Waals surface area contributed by atoms with Gasteiger partial charge in [0.2, 0.25) is 15.9 Å². The summed E-state index contributed by atoms with van der Waals surface area (Å²) in [6.45, 7) is 2.88. The number of nitrogens with zero attached hydrogens (tertiary/aromatic N) is 2. The first-order chi connectivity index (χ1) is 12.9. The smallest absolute Gasteiger partial charge is 0.232 e. The Hall–Kier alpha value is -2.34. The Labute approximate surface area is 161 Å². The molecule has 1 aliphatic heterocycles. The maximum atomic E-state index is 12.8. The van der Waals surface area contributed by atoms with E-state index < -0.39 is 10.0 Å². The zero-order chi connectivity index (χ0) is 19.4. The number of carbonyl (C=O) groups is 1. The molecule has 1 aliphatic rings. The Kier molecular flexibility index (Phi) is 5.85. The van der Waals surface area contributed by atoms with Crippen molar-refractivity contribution in [1.29, 1.82) is 0 Å². The maximum absolute atomic E-state index is 12.8. The Bertz CT molecular complexity index is 907. The summed E-state index contributed by atoms with van der Waals surface area (Å²) in [5.74, 6) is -0.0408. The van der Waals surface area contributed by atoms with Crippen LogP contribution in [0.25, 0.3) is 0 Å². The van der Waals surface area contributed by atoms with Crippen LogP contribution in [0.5, 0.6) is 0 Å². The molecule has 0 N–H and O–H groups in total.